The van der Waals surface area contributed by atoms with Crippen molar-refractivity contribution >= 4 is 11.4 Å². The average molecular weight is 226 g/mol. The van der Waals surface area contributed by atoms with Crippen LogP contribution in [0.4, 0.5) is 15.8 Å². The van der Waals surface area contributed by atoms with Crippen LogP contribution in [0.15, 0.2) is 12.1 Å². The smallest absolute Gasteiger partial charge is 0.167 e. The molecule has 0 aromatic heterocycles. The summed E-state index contributed by atoms with van der Waals surface area (Å²) in [5.74, 6) is 0.317. The quantitative estimate of drug-likeness (QED) is 0.759. The Hall–Kier alpha value is -1.45. The zero-order chi connectivity index (χ0) is 12.1. The molecule has 0 amide bonds. The van der Waals surface area contributed by atoms with Gasteiger partial charge >= 0.3 is 0 Å². The molecule has 0 radical (unpaired) electrons. The first-order chi connectivity index (χ1) is 7.54. The third-order valence-corrected chi connectivity index (χ3v) is 2.10. The molecule has 0 aliphatic heterocycles. The lowest BCUT2D eigenvalue weighted by atomic mass is 10.2. The predicted octanol–water partition coefficient (Wildman–Crippen LogP) is 2.87. The Morgan fingerprint density at radius 3 is 2.69 bits per heavy atom. The van der Waals surface area contributed by atoms with E-state index in [1.165, 1.54) is 6.07 Å². The minimum absolute atomic E-state index is 0.239. The lowest BCUT2D eigenvalue weighted by Gasteiger charge is -2.13. The molecule has 0 spiro atoms. The molecule has 0 fully saturated rings. The summed E-state index contributed by atoms with van der Waals surface area (Å²) in [6, 6.07) is 2.89. The fourth-order valence-electron chi connectivity index (χ4n) is 1.30. The number of hydrogen-bond acceptors (Lipinski definition) is 3. The lowest BCUT2D eigenvalue weighted by molar-refractivity contribution is 0.322. The Labute approximate surface area is 95.8 Å². The zero-order valence-electron chi connectivity index (χ0n) is 10.0. The van der Waals surface area contributed by atoms with E-state index < -0.39 is 5.82 Å². The maximum Gasteiger partial charge on any atom is 0.167 e. The van der Waals surface area contributed by atoms with E-state index in [0.717, 1.165) is 12.2 Å². The minimum atomic E-state index is -0.422. The molecule has 1 aromatic carbocycles. The number of anilines is 2. The molecule has 90 valence electrons. The van der Waals surface area contributed by atoms with Gasteiger partial charge in [0.15, 0.2) is 11.6 Å². The lowest BCUT2D eigenvalue weighted by Crippen LogP contribution is -2.10. The Kier molecular flexibility index (Phi) is 4.40. The number of rotatable bonds is 5. The summed E-state index contributed by atoms with van der Waals surface area (Å²) in [6.45, 7) is 7.23. The topological polar surface area (TPSA) is 47.3 Å². The maximum absolute atomic E-state index is 13.4. The first-order valence-corrected chi connectivity index (χ1v) is 5.50. The van der Waals surface area contributed by atoms with Gasteiger partial charge in [0.1, 0.15) is 0 Å². The van der Waals surface area contributed by atoms with Crippen LogP contribution in [0.2, 0.25) is 0 Å². The third kappa shape index (κ3) is 3.29. The van der Waals surface area contributed by atoms with Crippen molar-refractivity contribution in [1.29, 1.82) is 0 Å². The molecule has 0 saturated heterocycles. The highest BCUT2D eigenvalue weighted by molar-refractivity contribution is 5.68. The van der Waals surface area contributed by atoms with Crippen LogP contribution in [0.1, 0.15) is 20.8 Å². The van der Waals surface area contributed by atoms with E-state index in [0.29, 0.717) is 18.2 Å². The summed E-state index contributed by atoms with van der Waals surface area (Å²) in [4.78, 5) is 0. The second-order valence-electron chi connectivity index (χ2n) is 4.08. The third-order valence-electron chi connectivity index (χ3n) is 2.10. The van der Waals surface area contributed by atoms with Crippen LogP contribution in [0.3, 0.4) is 0 Å². The summed E-state index contributed by atoms with van der Waals surface area (Å²) in [5.41, 5.74) is 6.84. The van der Waals surface area contributed by atoms with Crippen molar-refractivity contribution < 1.29 is 9.13 Å². The fraction of sp³-hybridized carbons (Fsp3) is 0.500. The molecule has 0 aliphatic carbocycles. The van der Waals surface area contributed by atoms with E-state index in [9.17, 15) is 4.39 Å². The molecule has 1 rings (SSSR count). The summed E-state index contributed by atoms with van der Waals surface area (Å²) >= 11 is 0. The van der Waals surface area contributed by atoms with E-state index in [1.54, 1.807) is 6.07 Å². The number of ether oxygens (including phenoxy) is 1. The summed E-state index contributed by atoms with van der Waals surface area (Å²) in [6.07, 6.45) is 0. The van der Waals surface area contributed by atoms with Crippen LogP contribution < -0.4 is 15.8 Å². The van der Waals surface area contributed by atoms with E-state index in [4.69, 9.17) is 10.5 Å². The number of halogens is 1. The molecule has 0 bridgehead atoms. The molecule has 0 saturated carbocycles. The highest BCUT2D eigenvalue weighted by Crippen LogP contribution is 2.28. The van der Waals surface area contributed by atoms with E-state index in [2.05, 4.69) is 19.2 Å². The molecule has 4 heteroatoms. The zero-order valence-corrected chi connectivity index (χ0v) is 10.0. The highest BCUT2D eigenvalue weighted by atomic mass is 19.1. The van der Waals surface area contributed by atoms with Crippen LogP contribution in [0.25, 0.3) is 0 Å². The van der Waals surface area contributed by atoms with Gasteiger partial charge in [0.2, 0.25) is 0 Å². The molecule has 3 N–H and O–H groups in total. The van der Waals surface area contributed by atoms with Gasteiger partial charge < -0.3 is 15.8 Å². The molecule has 0 aliphatic rings. The molecule has 0 atom stereocenters. The molecule has 0 heterocycles. The van der Waals surface area contributed by atoms with Crippen molar-refractivity contribution in [3.8, 4) is 5.75 Å². The predicted molar refractivity (Wildman–Crippen MR) is 65.3 cm³/mol. The van der Waals surface area contributed by atoms with Crippen LogP contribution in [-0.2, 0) is 0 Å². The van der Waals surface area contributed by atoms with Crippen molar-refractivity contribution in [2.24, 2.45) is 5.92 Å². The van der Waals surface area contributed by atoms with Gasteiger partial charge in [-0.1, -0.05) is 13.8 Å². The molecule has 3 nitrogen and oxygen atoms in total. The van der Waals surface area contributed by atoms with Crippen LogP contribution in [0.5, 0.6) is 5.75 Å². The SMILES string of the molecule is CCOc1cc(NCC(C)C)c(N)cc1F. The number of nitrogen functional groups attached to an aromatic ring is 1. The number of nitrogens with two attached hydrogens (primary N) is 1. The van der Waals surface area contributed by atoms with Crippen molar-refractivity contribution in [2.45, 2.75) is 20.8 Å². The molecular weight excluding hydrogens is 207 g/mol. The summed E-state index contributed by atoms with van der Waals surface area (Å²) < 4.78 is 18.6. The standard InChI is InChI=1S/C12H19FN2O/c1-4-16-12-6-11(15-7-8(2)3)10(14)5-9(12)13/h5-6,8,15H,4,7,14H2,1-3H3. The van der Waals surface area contributed by atoms with Gasteiger partial charge in [-0.2, -0.15) is 0 Å². The van der Waals surface area contributed by atoms with Gasteiger partial charge in [0.25, 0.3) is 0 Å². The van der Waals surface area contributed by atoms with Crippen LogP contribution in [-0.4, -0.2) is 13.2 Å². The minimum Gasteiger partial charge on any atom is -0.491 e. The largest absolute Gasteiger partial charge is 0.491 e. The van der Waals surface area contributed by atoms with Crippen LogP contribution in [0, 0.1) is 11.7 Å². The number of benzene rings is 1. The van der Waals surface area contributed by atoms with Gasteiger partial charge in [-0.05, 0) is 12.8 Å². The maximum atomic E-state index is 13.4. The first kappa shape index (κ1) is 12.6. The van der Waals surface area contributed by atoms with Gasteiger partial charge in [0.05, 0.1) is 18.0 Å². The van der Waals surface area contributed by atoms with Crippen LogP contribution >= 0.6 is 0 Å². The second-order valence-corrected chi connectivity index (χ2v) is 4.08. The van der Waals surface area contributed by atoms with Gasteiger partial charge in [-0.3, -0.25) is 0 Å². The summed E-state index contributed by atoms with van der Waals surface area (Å²) in [7, 11) is 0. The van der Waals surface area contributed by atoms with Gasteiger partial charge in [-0.15, -0.1) is 0 Å². The van der Waals surface area contributed by atoms with E-state index >= 15 is 0 Å². The summed E-state index contributed by atoms with van der Waals surface area (Å²) in [5, 5.41) is 3.17. The molecule has 1 aromatic rings. The second kappa shape index (κ2) is 5.58. The first-order valence-electron chi connectivity index (χ1n) is 5.50. The van der Waals surface area contributed by atoms with E-state index in [-0.39, 0.29) is 5.75 Å². The Morgan fingerprint density at radius 2 is 2.12 bits per heavy atom. The normalized spacial score (nSPS) is 10.6. The Balaban J connectivity index is 2.86. The molecular formula is C12H19FN2O. The van der Waals surface area contributed by atoms with Crippen molar-refractivity contribution in [2.75, 3.05) is 24.2 Å². The average Bonchev–Trinajstić information content (AvgIpc) is 2.20. The highest BCUT2D eigenvalue weighted by Gasteiger charge is 2.08. The Bertz CT molecular complexity index is 353. The number of nitrogens with one attached hydrogen (secondary N) is 1. The van der Waals surface area contributed by atoms with Crippen molar-refractivity contribution in [3.05, 3.63) is 17.9 Å². The fourth-order valence-corrected chi connectivity index (χ4v) is 1.30. The molecule has 0 unspecified atom stereocenters. The monoisotopic (exact) mass is 226 g/mol. The Morgan fingerprint density at radius 1 is 1.44 bits per heavy atom. The van der Waals surface area contributed by atoms with Crippen molar-refractivity contribution in [1.82, 2.24) is 0 Å². The van der Waals surface area contributed by atoms with E-state index in [1.807, 2.05) is 6.92 Å². The van der Waals surface area contributed by atoms with Crippen molar-refractivity contribution in [3.63, 3.8) is 0 Å². The van der Waals surface area contributed by atoms with Gasteiger partial charge in [0, 0.05) is 18.7 Å². The molecule has 16 heavy (non-hydrogen) atoms. The van der Waals surface area contributed by atoms with Gasteiger partial charge in [-0.25, -0.2) is 4.39 Å². The number of hydrogen-bond donors (Lipinski definition) is 2.